The summed E-state index contributed by atoms with van der Waals surface area (Å²) in [4.78, 5) is 31.6. The van der Waals surface area contributed by atoms with Crippen LogP contribution in [0.4, 0.5) is 5.69 Å². The molecular formula is C17H14N4O4S. The van der Waals surface area contributed by atoms with Gasteiger partial charge in [-0.25, -0.2) is 9.97 Å². The number of aromatic nitrogens is 3. The predicted octanol–water partition coefficient (Wildman–Crippen LogP) is 2.00. The summed E-state index contributed by atoms with van der Waals surface area (Å²) in [6, 6.07) is 7.61. The highest BCUT2D eigenvalue weighted by Gasteiger charge is 2.25. The SMILES string of the molecule is O=C(O)Cn1cnc2c(c1=O)N[C@H](c1ccc(-c3nccs3)cc1)CO2. The van der Waals surface area contributed by atoms with E-state index in [9.17, 15) is 9.59 Å². The molecule has 2 N–H and O–H groups in total. The molecule has 0 fully saturated rings. The van der Waals surface area contributed by atoms with Crippen LogP contribution in [0.25, 0.3) is 10.6 Å². The molecule has 4 rings (SSSR count). The van der Waals surface area contributed by atoms with E-state index in [1.54, 1.807) is 17.5 Å². The number of anilines is 1. The first-order valence-corrected chi connectivity index (χ1v) is 8.70. The molecule has 0 saturated heterocycles. The maximum atomic E-state index is 12.4. The zero-order valence-electron chi connectivity index (χ0n) is 13.5. The number of ether oxygens (including phenoxy) is 1. The van der Waals surface area contributed by atoms with Crippen LogP contribution in [0.2, 0.25) is 0 Å². The average Bonchev–Trinajstić information content (AvgIpc) is 3.18. The van der Waals surface area contributed by atoms with Crippen LogP contribution in [-0.2, 0) is 11.3 Å². The number of benzene rings is 1. The Balaban J connectivity index is 1.60. The third-order valence-electron chi connectivity index (χ3n) is 4.01. The summed E-state index contributed by atoms with van der Waals surface area (Å²) in [6.45, 7) is -0.132. The highest BCUT2D eigenvalue weighted by atomic mass is 32.1. The first-order valence-electron chi connectivity index (χ1n) is 7.82. The van der Waals surface area contributed by atoms with E-state index >= 15 is 0 Å². The maximum absolute atomic E-state index is 12.4. The molecule has 0 radical (unpaired) electrons. The molecular weight excluding hydrogens is 356 g/mol. The van der Waals surface area contributed by atoms with Crippen LogP contribution in [-0.4, -0.2) is 32.2 Å². The lowest BCUT2D eigenvalue weighted by atomic mass is 10.0. The molecule has 1 atom stereocenters. The zero-order valence-corrected chi connectivity index (χ0v) is 14.3. The first-order chi connectivity index (χ1) is 12.6. The van der Waals surface area contributed by atoms with Crippen LogP contribution >= 0.6 is 11.3 Å². The highest BCUT2D eigenvalue weighted by Crippen LogP contribution is 2.30. The molecule has 26 heavy (non-hydrogen) atoms. The summed E-state index contributed by atoms with van der Waals surface area (Å²) in [7, 11) is 0. The fourth-order valence-corrected chi connectivity index (χ4v) is 3.39. The molecule has 9 heteroatoms. The largest absolute Gasteiger partial charge is 0.480 e. The lowest BCUT2D eigenvalue weighted by Gasteiger charge is -2.26. The Morgan fingerprint density at radius 1 is 1.35 bits per heavy atom. The van der Waals surface area contributed by atoms with Crippen molar-refractivity contribution < 1.29 is 14.6 Å². The molecule has 8 nitrogen and oxygen atoms in total. The summed E-state index contributed by atoms with van der Waals surface area (Å²) in [5.41, 5.74) is 1.67. The molecule has 0 aliphatic carbocycles. The van der Waals surface area contributed by atoms with Gasteiger partial charge in [0.1, 0.15) is 24.5 Å². The van der Waals surface area contributed by atoms with E-state index in [0.29, 0.717) is 6.61 Å². The van der Waals surface area contributed by atoms with E-state index < -0.39 is 18.1 Å². The van der Waals surface area contributed by atoms with Gasteiger partial charge >= 0.3 is 5.97 Å². The molecule has 0 unspecified atom stereocenters. The van der Waals surface area contributed by atoms with Crippen molar-refractivity contribution in [3.05, 3.63) is 58.1 Å². The van der Waals surface area contributed by atoms with Crippen molar-refractivity contribution in [1.29, 1.82) is 0 Å². The molecule has 0 bridgehead atoms. The number of rotatable bonds is 4. The highest BCUT2D eigenvalue weighted by molar-refractivity contribution is 7.13. The van der Waals surface area contributed by atoms with Crippen LogP contribution < -0.4 is 15.6 Å². The van der Waals surface area contributed by atoms with Crippen LogP contribution in [0.1, 0.15) is 11.6 Å². The molecule has 1 aliphatic rings. The summed E-state index contributed by atoms with van der Waals surface area (Å²) >= 11 is 1.56. The van der Waals surface area contributed by atoms with Crippen molar-refractivity contribution in [1.82, 2.24) is 14.5 Å². The fourth-order valence-electron chi connectivity index (χ4n) is 2.75. The normalized spacial score (nSPS) is 15.6. The standard InChI is InChI=1S/C17H14N4O4S/c22-13(23)7-21-9-19-15-14(17(21)24)20-12(8-25-15)10-1-3-11(4-2-10)16-18-5-6-26-16/h1-6,9,12,20H,7-8H2,(H,22,23)/t12-/m0/s1. The average molecular weight is 370 g/mol. The van der Waals surface area contributed by atoms with E-state index in [1.807, 2.05) is 29.6 Å². The topological polar surface area (TPSA) is 106 Å². The number of fused-ring (bicyclic) bond motifs is 1. The molecule has 3 aromatic rings. The minimum atomic E-state index is -1.11. The lowest BCUT2D eigenvalue weighted by Crippen LogP contribution is -2.33. The Kier molecular flexibility index (Phi) is 4.13. The minimum absolute atomic E-state index is 0.175. The second-order valence-electron chi connectivity index (χ2n) is 5.72. The Bertz CT molecular complexity index is 999. The van der Waals surface area contributed by atoms with Gasteiger partial charge in [0.05, 0.1) is 6.04 Å². The van der Waals surface area contributed by atoms with Gasteiger partial charge in [0.2, 0.25) is 5.88 Å². The number of nitrogens with zero attached hydrogens (tertiary/aromatic N) is 3. The van der Waals surface area contributed by atoms with E-state index in [2.05, 4.69) is 15.3 Å². The first kappa shape index (κ1) is 16.3. The zero-order chi connectivity index (χ0) is 18.1. The van der Waals surface area contributed by atoms with Crippen molar-refractivity contribution in [3.8, 4) is 16.5 Å². The molecule has 0 saturated carbocycles. The van der Waals surface area contributed by atoms with Crippen molar-refractivity contribution in [3.63, 3.8) is 0 Å². The van der Waals surface area contributed by atoms with E-state index in [4.69, 9.17) is 9.84 Å². The van der Waals surface area contributed by atoms with Gasteiger partial charge in [-0.1, -0.05) is 24.3 Å². The Hall–Kier alpha value is -3.20. The minimum Gasteiger partial charge on any atom is -0.480 e. The van der Waals surface area contributed by atoms with Crippen molar-refractivity contribution >= 4 is 23.0 Å². The van der Waals surface area contributed by atoms with Gasteiger partial charge in [-0.15, -0.1) is 11.3 Å². The van der Waals surface area contributed by atoms with Gasteiger partial charge in [0, 0.05) is 17.1 Å². The molecule has 132 valence electrons. The second-order valence-corrected chi connectivity index (χ2v) is 6.61. The predicted molar refractivity (Wildman–Crippen MR) is 95.5 cm³/mol. The van der Waals surface area contributed by atoms with E-state index in [-0.39, 0.29) is 17.6 Å². The van der Waals surface area contributed by atoms with Gasteiger partial charge in [0.25, 0.3) is 5.56 Å². The number of nitrogens with one attached hydrogen (secondary N) is 1. The van der Waals surface area contributed by atoms with Crippen LogP contribution in [0.15, 0.2) is 47.0 Å². The van der Waals surface area contributed by atoms with Crippen LogP contribution in [0.3, 0.4) is 0 Å². The van der Waals surface area contributed by atoms with Gasteiger partial charge < -0.3 is 15.2 Å². The summed E-state index contributed by atoms with van der Waals surface area (Å²) in [5, 5.41) is 14.9. The van der Waals surface area contributed by atoms with Crippen LogP contribution in [0.5, 0.6) is 5.88 Å². The number of hydrogen-bond donors (Lipinski definition) is 2. The third-order valence-corrected chi connectivity index (χ3v) is 4.83. The van der Waals surface area contributed by atoms with Gasteiger partial charge in [0.15, 0.2) is 5.69 Å². The fraction of sp³-hybridized carbons (Fsp3) is 0.176. The number of aliphatic carboxylic acids is 1. The van der Waals surface area contributed by atoms with Crippen LogP contribution in [0, 0.1) is 0 Å². The van der Waals surface area contributed by atoms with E-state index in [1.165, 1.54) is 6.33 Å². The smallest absolute Gasteiger partial charge is 0.323 e. The molecule has 0 spiro atoms. The number of carboxylic acid groups (broad SMARTS) is 1. The lowest BCUT2D eigenvalue weighted by molar-refractivity contribution is -0.137. The summed E-state index contributed by atoms with van der Waals surface area (Å²) < 4.78 is 6.62. The Labute approximate surface area is 151 Å². The van der Waals surface area contributed by atoms with Crippen molar-refractivity contribution in [2.45, 2.75) is 12.6 Å². The molecule has 3 heterocycles. The monoisotopic (exact) mass is 370 g/mol. The van der Waals surface area contributed by atoms with Crippen molar-refractivity contribution in [2.24, 2.45) is 0 Å². The third kappa shape index (κ3) is 3.04. The molecule has 0 amide bonds. The summed E-state index contributed by atoms with van der Waals surface area (Å²) in [5.74, 6) is -0.924. The molecule has 1 aromatic carbocycles. The van der Waals surface area contributed by atoms with Crippen molar-refractivity contribution in [2.75, 3.05) is 11.9 Å². The quantitative estimate of drug-likeness (QED) is 0.723. The summed E-state index contributed by atoms with van der Waals surface area (Å²) in [6.07, 6.45) is 2.94. The molecule has 1 aliphatic heterocycles. The number of hydrogen-bond acceptors (Lipinski definition) is 7. The van der Waals surface area contributed by atoms with Gasteiger partial charge in [-0.3, -0.25) is 14.2 Å². The van der Waals surface area contributed by atoms with Gasteiger partial charge in [-0.2, -0.15) is 0 Å². The number of thiazole rings is 1. The Morgan fingerprint density at radius 2 is 2.15 bits per heavy atom. The number of carbonyl (C=O) groups is 1. The van der Waals surface area contributed by atoms with E-state index in [0.717, 1.165) is 20.7 Å². The maximum Gasteiger partial charge on any atom is 0.323 e. The second kappa shape index (κ2) is 6.60. The Morgan fingerprint density at radius 3 is 2.85 bits per heavy atom. The number of carboxylic acids is 1. The molecule has 2 aromatic heterocycles. The van der Waals surface area contributed by atoms with Gasteiger partial charge in [-0.05, 0) is 5.56 Å².